The van der Waals surface area contributed by atoms with E-state index in [0.717, 1.165) is 35.0 Å². The maximum Gasteiger partial charge on any atom is 0.251 e. The highest BCUT2D eigenvalue weighted by Crippen LogP contribution is 2.31. The van der Waals surface area contributed by atoms with Crippen molar-refractivity contribution in [3.05, 3.63) is 38.6 Å². The number of methoxy groups -OCH3 is 1. The summed E-state index contributed by atoms with van der Waals surface area (Å²) in [5.41, 5.74) is 2.66. The van der Waals surface area contributed by atoms with E-state index in [4.69, 9.17) is 16.3 Å². The van der Waals surface area contributed by atoms with Crippen LogP contribution < -0.4 is 15.6 Å². The fourth-order valence-electron chi connectivity index (χ4n) is 2.45. The minimum absolute atomic E-state index is 0.0137. The van der Waals surface area contributed by atoms with Crippen LogP contribution in [-0.4, -0.2) is 18.6 Å². The average molecular weight is 265 g/mol. The van der Waals surface area contributed by atoms with E-state index in [0.29, 0.717) is 17.3 Å². The Morgan fingerprint density at radius 3 is 2.94 bits per heavy atom. The van der Waals surface area contributed by atoms with E-state index in [1.165, 1.54) is 0 Å². The number of nitrogens with one attached hydrogen (secondary N) is 2. The second-order valence-corrected chi connectivity index (χ2v) is 4.78. The standard InChI is InChI=1S/C13H13ClN2O2/c1-18-12-4-8-9-6-15-3-2-7(9)13(17)16-11(8)5-10(12)14/h4-5,15H,2-3,6H2,1H3,(H,16,17). The van der Waals surface area contributed by atoms with Gasteiger partial charge in [-0.2, -0.15) is 0 Å². The van der Waals surface area contributed by atoms with Crippen LogP contribution in [0.15, 0.2) is 16.9 Å². The summed E-state index contributed by atoms with van der Waals surface area (Å²) >= 11 is 6.08. The van der Waals surface area contributed by atoms with Gasteiger partial charge in [0, 0.05) is 17.5 Å². The van der Waals surface area contributed by atoms with Gasteiger partial charge in [-0.3, -0.25) is 4.79 Å². The Balaban J connectivity index is 2.39. The van der Waals surface area contributed by atoms with Crippen molar-refractivity contribution >= 4 is 22.5 Å². The number of pyridine rings is 1. The Kier molecular flexibility index (Phi) is 2.76. The minimum atomic E-state index is -0.0137. The second kappa shape index (κ2) is 4.30. The summed E-state index contributed by atoms with van der Waals surface area (Å²) < 4.78 is 5.23. The third-order valence-electron chi connectivity index (χ3n) is 3.36. The molecular formula is C13H13ClN2O2. The molecule has 0 unspecified atom stereocenters. The summed E-state index contributed by atoms with van der Waals surface area (Å²) in [6, 6.07) is 3.63. The molecule has 1 aromatic carbocycles. The van der Waals surface area contributed by atoms with Gasteiger partial charge in [0.2, 0.25) is 0 Å². The van der Waals surface area contributed by atoms with Gasteiger partial charge in [-0.15, -0.1) is 0 Å². The normalized spacial score (nSPS) is 14.6. The Bertz CT molecular complexity index is 679. The summed E-state index contributed by atoms with van der Waals surface area (Å²) in [4.78, 5) is 14.9. The zero-order chi connectivity index (χ0) is 12.7. The summed E-state index contributed by atoms with van der Waals surface area (Å²) in [6.07, 6.45) is 0.756. The van der Waals surface area contributed by atoms with Crippen LogP contribution in [0.1, 0.15) is 11.1 Å². The molecule has 2 N–H and O–H groups in total. The fraction of sp³-hybridized carbons (Fsp3) is 0.308. The largest absolute Gasteiger partial charge is 0.495 e. The number of hydrogen-bond acceptors (Lipinski definition) is 3. The number of fused-ring (bicyclic) bond motifs is 3. The molecule has 0 spiro atoms. The van der Waals surface area contributed by atoms with Crippen molar-refractivity contribution in [2.24, 2.45) is 0 Å². The van der Waals surface area contributed by atoms with E-state index in [1.807, 2.05) is 6.07 Å². The number of benzene rings is 1. The third-order valence-corrected chi connectivity index (χ3v) is 3.65. The van der Waals surface area contributed by atoms with Crippen LogP contribution in [0, 0.1) is 0 Å². The Hall–Kier alpha value is -1.52. The van der Waals surface area contributed by atoms with Crippen molar-refractivity contribution in [3.63, 3.8) is 0 Å². The minimum Gasteiger partial charge on any atom is -0.495 e. The van der Waals surface area contributed by atoms with Gasteiger partial charge < -0.3 is 15.0 Å². The molecule has 4 nitrogen and oxygen atoms in total. The molecular weight excluding hydrogens is 252 g/mol. The molecule has 0 amide bonds. The monoisotopic (exact) mass is 264 g/mol. The maximum atomic E-state index is 12.0. The topological polar surface area (TPSA) is 54.1 Å². The first-order valence-corrected chi connectivity index (χ1v) is 6.20. The number of aromatic amines is 1. The lowest BCUT2D eigenvalue weighted by atomic mass is 9.98. The molecule has 0 radical (unpaired) electrons. The number of hydrogen-bond donors (Lipinski definition) is 2. The second-order valence-electron chi connectivity index (χ2n) is 4.37. The molecule has 18 heavy (non-hydrogen) atoms. The van der Waals surface area contributed by atoms with Crippen molar-refractivity contribution in [3.8, 4) is 5.75 Å². The predicted molar refractivity (Wildman–Crippen MR) is 71.5 cm³/mol. The number of halogens is 1. The van der Waals surface area contributed by atoms with Gasteiger partial charge in [-0.1, -0.05) is 11.6 Å². The van der Waals surface area contributed by atoms with Crippen molar-refractivity contribution < 1.29 is 4.74 Å². The summed E-state index contributed by atoms with van der Waals surface area (Å²) in [5, 5.41) is 4.79. The number of H-pyrrole nitrogens is 1. The molecule has 0 fully saturated rings. The fourth-order valence-corrected chi connectivity index (χ4v) is 2.69. The third kappa shape index (κ3) is 1.69. The van der Waals surface area contributed by atoms with Gasteiger partial charge in [0.15, 0.2) is 0 Å². The summed E-state index contributed by atoms with van der Waals surface area (Å²) in [7, 11) is 1.59. The van der Waals surface area contributed by atoms with E-state index >= 15 is 0 Å². The van der Waals surface area contributed by atoms with Crippen molar-refractivity contribution in [2.45, 2.75) is 13.0 Å². The molecule has 2 heterocycles. The van der Waals surface area contributed by atoms with E-state index in [2.05, 4.69) is 10.3 Å². The van der Waals surface area contributed by atoms with Crippen molar-refractivity contribution in [2.75, 3.05) is 13.7 Å². The lowest BCUT2D eigenvalue weighted by Gasteiger charge is -2.18. The van der Waals surface area contributed by atoms with E-state index < -0.39 is 0 Å². The molecule has 1 aliphatic rings. The lowest BCUT2D eigenvalue weighted by Crippen LogP contribution is -2.30. The number of ether oxygens (including phenoxy) is 1. The zero-order valence-electron chi connectivity index (χ0n) is 9.97. The van der Waals surface area contributed by atoms with Gasteiger partial charge in [0.05, 0.1) is 17.6 Å². The van der Waals surface area contributed by atoms with Crippen LogP contribution in [0.5, 0.6) is 5.75 Å². The lowest BCUT2D eigenvalue weighted by molar-refractivity contribution is 0.415. The quantitative estimate of drug-likeness (QED) is 0.826. The zero-order valence-corrected chi connectivity index (χ0v) is 10.7. The molecule has 94 valence electrons. The van der Waals surface area contributed by atoms with Crippen molar-refractivity contribution in [1.29, 1.82) is 0 Å². The molecule has 0 saturated heterocycles. The van der Waals surface area contributed by atoms with Crippen LogP contribution in [0.4, 0.5) is 0 Å². The van der Waals surface area contributed by atoms with Gasteiger partial charge >= 0.3 is 0 Å². The van der Waals surface area contributed by atoms with E-state index in [9.17, 15) is 4.79 Å². The first-order chi connectivity index (χ1) is 8.70. The van der Waals surface area contributed by atoms with Crippen molar-refractivity contribution in [1.82, 2.24) is 10.3 Å². The summed E-state index contributed by atoms with van der Waals surface area (Å²) in [5.74, 6) is 0.629. The average Bonchev–Trinajstić information content (AvgIpc) is 2.38. The smallest absolute Gasteiger partial charge is 0.251 e. The number of rotatable bonds is 1. The van der Waals surface area contributed by atoms with E-state index in [1.54, 1.807) is 13.2 Å². The molecule has 2 aromatic rings. The molecule has 0 bridgehead atoms. The SMILES string of the molecule is COc1cc2c3c(c(=O)[nH]c2cc1Cl)CCNC3. The van der Waals surface area contributed by atoms with Crippen LogP contribution >= 0.6 is 11.6 Å². The first-order valence-electron chi connectivity index (χ1n) is 5.82. The highest BCUT2D eigenvalue weighted by Gasteiger charge is 2.17. The maximum absolute atomic E-state index is 12.0. The van der Waals surface area contributed by atoms with Gasteiger partial charge in [0.1, 0.15) is 5.75 Å². The molecule has 0 aliphatic carbocycles. The molecule has 0 saturated carbocycles. The van der Waals surface area contributed by atoms with Crippen LogP contribution in [-0.2, 0) is 13.0 Å². The van der Waals surface area contributed by atoms with Gasteiger partial charge in [-0.25, -0.2) is 0 Å². The molecule has 1 aliphatic heterocycles. The van der Waals surface area contributed by atoms with Crippen LogP contribution in [0.3, 0.4) is 0 Å². The first kappa shape index (κ1) is 11.6. The predicted octanol–water partition coefficient (Wildman–Crippen LogP) is 1.84. The highest BCUT2D eigenvalue weighted by atomic mass is 35.5. The Morgan fingerprint density at radius 1 is 1.33 bits per heavy atom. The Morgan fingerprint density at radius 2 is 2.17 bits per heavy atom. The molecule has 0 atom stereocenters. The van der Waals surface area contributed by atoms with Gasteiger partial charge in [-0.05, 0) is 30.7 Å². The van der Waals surface area contributed by atoms with Gasteiger partial charge in [0.25, 0.3) is 5.56 Å². The molecule has 1 aromatic heterocycles. The van der Waals surface area contributed by atoms with Crippen LogP contribution in [0.25, 0.3) is 10.9 Å². The molecule has 3 rings (SSSR count). The molecule has 5 heteroatoms. The summed E-state index contributed by atoms with van der Waals surface area (Å²) in [6.45, 7) is 1.55. The Labute approximate surface area is 109 Å². The van der Waals surface area contributed by atoms with Crippen LogP contribution in [0.2, 0.25) is 5.02 Å². The van der Waals surface area contributed by atoms with E-state index in [-0.39, 0.29) is 5.56 Å². The number of aromatic nitrogens is 1. The highest BCUT2D eigenvalue weighted by molar-refractivity contribution is 6.32.